The molecular weight excluding hydrogens is 496 g/mol. The van der Waals surface area contributed by atoms with Crippen LogP contribution in [0.4, 0.5) is 11.4 Å². The highest BCUT2D eigenvalue weighted by Crippen LogP contribution is 2.32. The maximum absolute atomic E-state index is 13.9. The Morgan fingerprint density at radius 2 is 1.79 bits per heavy atom. The molecule has 0 fully saturated rings. The smallest absolute Gasteiger partial charge is 0.271 e. The van der Waals surface area contributed by atoms with Gasteiger partial charge in [0.25, 0.3) is 11.5 Å². The van der Waals surface area contributed by atoms with Crippen molar-refractivity contribution in [1.82, 2.24) is 4.57 Å². The summed E-state index contributed by atoms with van der Waals surface area (Å²) in [5, 5.41) is 2.97. The number of thiazole rings is 1. The Morgan fingerprint density at radius 3 is 2.47 bits per heavy atom. The van der Waals surface area contributed by atoms with Crippen LogP contribution in [0, 0.1) is 0 Å². The molecule has 8 heteroatoms. The first-order chi connectivity index (χ1) is 18.4. The van der Waals surface area contributed by atoms with E-state index in [0.29, 0.717) is 32.0 Å². The first-order valence-electron chi connectivity index (χ1n) is 12.2. The van der Waals surface area contributed by atoms with Crippen molar-refractivity contribution in [2.24, 2.45) is 4.99 Å². The zero-order chi connectivity index (χ0) is 26.8. The number of carbonyl (C=O) groups is 1. The molecule has 1 aliphatic heterocycles. The van der Waals surface area contributed by atoms with Crippen molar-refractivity contribution >= 4 is 34.7 Å². The predicted molar refractivity (Wildman–Crippen MR) is 153 cm³/mol. The Morgan fingerprint density at radius 1 is 1.05 bits per heavy atom. The Balaban J connectivity index is 1.65. The number of methoxy groups -OCH3 is 1. The van der Waals surface area contributed by atoms with Crippen LogP contribution in [-0.2, 0) is 4.79 Å². The Bertz CT molecular complexity index is 1700. The summed E-state index contributed by atoms with van der Waals surface area (Å²) < 4.78 is 7.62. The highest BCUT2D eigenvalue weighted by atomic mass is 32.1. The fourth-order valence-electron chi connectivity index (χ4n) is 4.48. The van der Waals surface area contributed by atoms with Crippen LogP contribution in [-0.4, -0.2) is 31.7 Å². The number of fused-ring (bicyclic) bond motifs is 1. The molecule has 1 N–H and O–H groups in total. The highest BCUT2D eigenvalue weighted by Gasteiger charge is 2.32. The number of nitrogens with one attached hydrogen (secondary N) is 1. The summed E-state index contributed by atoms with van der Waals surface area (Å²) in [5.74, 6) is 0.335. The van der Waals surface area contributed by atoms with Gasteiger partial charge >= 0.3 is 0 Å². The van der Waals surface area contributed by atoms with E-state index in [9.17, 15) is 9.59 Å². The zero-order valence-corrected chi connectivity index (χ0v) is 22.5. The quantitative estimate of drug-likeness (QED) is 0.415. The molecule has 192 valence electrons. The number of allylic oxidation sites excluding steroid dienone is 1. The molecule has 0 radical (unpaired) electrons. The van der Waals surface area contributed by atoms with Crippen LogP contribution in [0.5, 0.6) is 5.75 Å². The van der Waals surface area contributed by atoms with Crippen molar-refractivity contribution in [3.8, 4) is 5.75 Å². The first-order valence-corrected chi connectivity index (χ1v) is 13.0. The van der Waals surface area contributed by atoms with Gasteiger partial charge in [-0.3, -0.25) is 14.2 Å². The van der Waals surface area contributed by atoms with Crippen molar-refractivity contribution in [3.05, 3.63) is 121 Å². The normalized spacial score (nSPS) is 15.1. The Hall–Kier alpha value is -4.43. The molecule has 5 rings (SSSR count). The maximum atomic E-state index is 13.9. The van der Waals surface area contributed by atoms with Crippen molar-refractivity contribution in [1.29, 1.82) is 0 Å². The van der Waals surface area contributed by atoms with Gasteiger partial charge in [-0.15, -0.1) is 0 Å². The van der Waals surface area contributed by atoms with Crippen molar-refractivity contribution in [2.75, 3.05) is 31.4 Å². The number of anilines is 2. The van der Waals surface area contributed by atoms with Gasteiger partial charge in [0, 0.05) is 25.5 Å². The molecule has 1 atom stereocenters. The van der Waals surface area contributed by atoms with Crippen LogP contribution in [0.2, 0.25) is 0 Å². The zero-order valence-electron chi connectivity index (χ0n) is 21.6. The van der Waals surface area contributed by atoms with E-state index in [1.165, 1.54) is 11.3 Å². The van der Waals surface area contributed by atoms with E-state index in [4.69, 9.17) is 9.73 Å². The monoisotopic (exact) mass is 524 g/mol. The van der Waals surface area contributed by atoms with Gasteiger partial charge in [0.15, 0.2) is 4.80 Å². The molecule has 7 nitrogen and oxygen atoms in total. The third-order valence-corrected chi connectivity index (χ3v) is 7.40. The number of ether oxygens (including phenoxy) is 1. The molecule has 1 aliphatic rings. The SMILES string of the molecule is COc1cccc([C@@H]2C(C(=O)Nc3ccccc3)=C(C)N=c3s/c(=C\c4ccc(N(C)C)cc4)c(=O)n32)c1. The maximum Gasteiger partial charge on any atom is 0.271 e. The molecule has 0 unspecified atom stereocenters. The molecule has 0 aliphatic carbocycles. The average molecular weight is 525 g/mol. The Kier molecular flexibility index (Phi) is 6.98. The molecule has 0 spiro atoms. The van der Waals surface area contributed by atoms with E-state index >= 15 is 0 Å². The molecular formula is C30H28N4O3S. The van der Waals surface area contributed by atoms with Gasteiger partial charge in [0.2, 0.25) is 0 Å². The number of aromatic nitrogens is 1. The second-order valence-electron chi connectivity index (χ2n) is 9.16. The van der Waals surface area contributed by atoms with Crippen LogP contribution in [0.15, 0.2) is 99.9 Å². The van der Waals surface area contributed by atoms with Gasteiger partial charge in [0.05, 0.1) is 29.0 Å². The minimum absolute atomic E-state index is 0.198. The molecule has 3 aromatic carbocycles. The fraction of sp³-hybridized carbons (Fsp3) is 0.167. The van der Waals surface area contributed by atoms with Crippen LogP contribution in [0.25, 0.3) is 6.08 Å². The molecule has 1 aromatic heterocycles. The summed E-state index contributed by atoms with van der Waals surface area (Å²) in [7, 11) is 5.56. The summed E-state index contributed by atoms with van der Waals surface area (Å²) in [5.41, 5.74) is 4.20. The second-order valence-corrected chi connectivity index (χ2v) is 10.2. The van der Waals surface area contributed by atoms with Crippen LogP contribution in [0.3, 0.4) is 0 Å². The first kappa shape index (κ1) is 25.2. The lowest BCUT2D eigenvalue weighted by Gasteiger charge is -2.25. The number of hydrogen-bond donors (Lipinski definition) is 1. The van der Waals surface area contributed by atoms with Crippen molar-refractivity contribution in [2.45, 2.75) is 13.0 Å². The molecule has 0 saturated carbocycles. The predicted octanol–water partition coefficient (Wildman–Crippen LogP) is 3.95. The molecule has 1 amide bonds. The number of carbonyl (C=O) groups excluding carboxylic acids is 1. The summed E-state index contributed by atoms with van der Waals surface area (Å²) in [4.78, 5) is 34.8. The number of nitrogens with zero attached hydrogens (tertiary/aromatic N) is 3. The summed E-state index contributed by atoms with van der Waals surface area (Å²) in [6.45, 7) is 1.81. The number of amides is 1. The van der Waals surface area contributed by atoms with E-state index in [-0.39, 0.29) is 11.5 Å². The summed E-state index contributed by atoms with van der Waals surface area (Å²) in [6.07, 6.45) is 1.87. The lowest BCUT2D eigenvalue weighted by molar-refractivity contribution is -0.113. The van der Waals surface area contributed by atoms with Gasteiger partial charge in [0.1, 0.15) is 5.75 Å². The topological polar surface area (TPSA) is 75.9 Å². The molecule has 4 aromatic rings. The highest BCUT2D eigenvalue weighted by molar-refractivity contribution is 7.07. The van der Waals surface area contributed by atoms with Gasteiger partial charge in [-0.05, 0) is 60.5 Å². The minimum atomic E-state index is -0.664. The van der Waals surface area contributed by atoms with Crippen LogP contribution < -0.4 is 29.8 Å². The molecule has 0 bridgehead atoms. The third-order valence-electron chi connectivity index (χ3n) is 6.41. The van der Waals surface area contributed by atoms with E-state index in [0.717, 1.165) is 16.8 Å². The fourth-order valence-corrected chi connectivity index (χ4v) is 5.53. The van der Waals surface area contributed by atoms with Crippen molar-refractivity contribution in [3.63, 3.8) is 0 Å². The van der Waals surface area contributed by atoms with E-state index in [1.807, 2.05) is 111 Å². The molecule has 2 heterocycles. The summed E-state index contributed by atoms with van der Waals surface area (Å²) >= 11 is 1.32. The lowest BCUT2D eigenvalue weighted by Crippen LogP contribution is -2.40. The van der Waals surface area contributed by atoms with E-state index < -0.39 is 6.04 Å². The molecule has 38 heavy (non-hydrogen) atoms. The van der Waals surface area contributed by atoms with Gasteiger partial charge in [-0.25, -0.2) is 4.99 Å². The number of benzene rings is 3. The number of rotatable bonds is 6. The standard InChI is InChI=1S/C30H28N4O3S/c1-19-26(28(35)32-22-10-6-5-7-11-22)27(21-9-8-12-24(18-21)37-4)34-29(36)25(38-30(34)31-19)17-20-13-15-23(16-14-20)33(2)3/h5-18,27H,1-4H3,(H,32,35)/b25-17-/t27-/m1/s1. The van der Waals surface area contributed by atoms with Gasteiger partial charge in [-0.1, -0.05) is 53.8 Å². The third kappa shape index (κ3) is 4.90. The minimum Gasteiger partial charge on any atom is -0.497 e. The lowest BCUT2D eigenvalue weighted by atomic mass is 9.95. The van der Waals surface area contributed by atoms with Crippen LogP contribution in [0.1, 0.15) is 24.1 Å². The number of hydrogen-bond acceptors (Lipinski definition) is 6. The molecule has 0 saturated heterocycles. The van der Waals surface area contributed by atoms with Gasteiger partial charge < -0.3 is 15.0 Å². The van der Waals surface area contributed by atoms with Crippen molar-refractivity contribution < 1.29 is 9.53 Å². The van der Waals surface area contributed by atoms with E-state index in [2.05, 4.69) is 5.32 Å². The number of para-hydroxylation sites is 1. The van der Waals surface area contributed by atoms with Gasteiger partial charge in [-0.2, -0.15) is 0 Å². The second kappa shape index (κ2) is 10.5. The summed E-state index contributed by atoms with van der Waals surface area (Å²) in [6, 6.07) is 24.0. The largest absolute Gasteiger partial charge is 0.497 e. The van der Waals surface area contributed by atoms with Crippen LogP contribution >= 0.6 is 11.3 Å². The average Bonchev–Trinajstić information content (AvgIpc) is 3.22. The Labute approximate surface area is 224 Å². The van der Waals surface area contributed by atoms with E-state index in [1.54, 1.807) is 11.7 Å².